The summed E-state index contributed by atoms with van der Waals surface area (Å²) in [5.74, 6) is 0.587. The first-order valence-electron chi connectivity index (χ1n) is 11.6. The number of aromatic nitrogens is 1. The highest BCUT2D eigenvalue weighted by Gasteiger charge is 2.35. The van der Waals surface area contributed by atoms with E-state index in [9.17, 15) is 13.2 Å². The Kier molecular flexibility index (Phi) is 6.49. The van der Waals surface area contributed by atoms with E-state index in [0.717, 1.165) is 42.0 Å². The van der Waals surface area contributed by atoms with Crippen molar-refractivity contribution in [2.75, 3.05) is 31.1 Å². The quantitative estimate of drug-likeness (QED) is 0.535. The van der Waals surface area contributed by atoms with E-state index < -0.39 is 9.84 Å². The molecule has 5 rings (SSSR count). The molecule has 2 aromatic carbocycles. The second kappa shape index (κ2) is 9.52. The molecule has 3 aromatic rings. The van der Waals surface area contributed by atoms with Crippen molar-refractivity contribution in [2.24, 2.45) is 0 Å². The Morgan fingerprint density at radius 1 is 1.09 bits per heavy atom. The number of carbonyl (C=O) groups excluding carboxylic acids is 1. The molecule has 2 fully saturated rings. The van der Waals surface area contributed by atoms with Crippen molar-refractivity contribution < 1.29 is 13.2 Å². The van der Waals surface area contributed by atoms with Crippen LogP contribution in [0.5, 0.6) is 0 Å². The summed E-state index contributed by atoms with van der Waals surface area (Å²) in [6, 6.07) is 17.8. The third-order valence-electron chi connectivity index (χ3n) is 6.69. The van der Waals surface area contributed by atoms with Gasteiger partial charge in [0, 0.05) is 25.0 Å². The number of hydrogen-bond acceptors (Lipinski definition) is 6. The number of piperidine rings is 1. The van der Waals surface area contributed by atoms with Crippen molar-refractivity contribution in [1.29, 1.82) is 0 Å². The van der Waals surface area contributed by atoms with Gasteiger partial charge in [0.2, 0.25) is 5.91 Å². The van der Waals surface area contributed by atoms with Crippen LogP contribution in [-0.2, 0) is 21.2 Å². The van der Waals surface area contributed by atoms with E-state index in [1.807, 2.05) is 42.5 Å². The monoisotopic (exact) mass is 483 g/mol. The summed E-state index contributed by atoms with van der Waals surface area (Å²) in [5, 5.41) is 1.15. The number of para-hydroxylation sites is 1. The lowest BCUT2D eigenvalue weighted by molar-refractivity contribution is -0.135. The number of carbonyl (C=O) groups is 1. The molecule has 174 valence electrons. The van der Waals surface area contributed by atoms with Gasteiger partial charge in [-0.1, -0.05) is 42.5 Å². The molecule has 3 heterocycles. The minimum Gasteiger partial charge on any atom is -0.333 e. The first-order chi connectivity index (χ1) is 16.0. The Morgan fingerprint density at radius 2 is 1.88 bits per heavy atom. The SMILES string of the molecule is O=C(CN1CCC[C@H](c2nc3ccccc3s2)C1)N(Cc1ccccc1)[C@H]1CCS(=O)(=O)C1. The number of sulfone groups is 1. The molecule has 0 bridgehead atoms. The Hall–Kier alpha value is -2.29. The van der Waals surface area contributed by atoms with Crippen LogP contribution in [0.4, 0.5) is 0 Å². The minimum atomic E-state index is -3.07. The van der Waals surface area contributed by atoms with Gasteiger partial charge in [0.1, 0.15) is 0 Å². The fraction of sp³-hybridized carbons (Fsp3) is 0.440. The molecule has 33 heavy (non-hydrogen) atoms. The fourth-order valence-corrected chi connectivity index (χ4v) is 7.79. The normalized spacial score (nSPS) is 23.0. The van der Waals surface area contributed by atoms with E-state index in [1.54, 1.807) is 16.2 Å². The van der Waals surface area contributed by atoms with Crippen LogP contribution in [0, 0.1) is 0 Å². The molecule has 2 saturated heterocycles. The molecule has 2 atom stereocenters. The molecular weight excluding hydrogens is 454 g/mol. The van der Waals surface area contributed by atoms with Gasteiger partial charge in [0.25, 0.3) is 0 Å². The molecule has 0 N–H and O–H groups in total. The number of fused-ring (bicyclic) bond motifs is 1. The number of benzene rings is 2. The molecule has 6 nitrogen and oxygen atoms in total. The molecule has 0 aliphatic carbocycles. The zero-order valence-corrected chi connectivity index (χ0v) is 20.2. The van der Waals surface area contributed by atoms with Gasteiger partial charge < -0.3 is 4.90 Å². The fourth-order valence-electron chi connectivity index (χ4n) is 4.97. The van der Waals surface area contributed by atoms with Crippen molar-refractivity contribution in [3.63, 3.8) is 0 Å². The second-order valence-corrected chi connectivity index (χ2v) is 12.4. The van der Waals surface area contributed by atoms with Gasteiger partial charge in [-0.25, -0.2) is 13.4 Å². The summed E-state index contributed by atoms with van der Waals surface area (Å²) in [5.41, 5.74) is 2.07. The number of amides is 1. The summed E-state index contributed by atoms with van der Waals surface area (Å²) in [7, 11) is -3.07. The number of rotatable bonds is 6. The molecule has 0 radical (unpaired) electrons. The molecular formula is C25H29N3O3S2. The molecule has 8 heteroatoms. The number of thiazole rings is 1. The Balaban J connectivity index is 1.29. The summed E-state index contributed by atoms with van der Waals surface area (Å²) < 4.78 is 25.5. The van der Waals surface area contributed by atoms with Crippen molar-refractivity contribution in [1.82, 2.24) is 14.8 Å². The van der Waals surface area contributed by atoms with Gasteiger partial charge in [0.15, 0.2) is 9.84 Å². The Bertz CT molecular complexity index is 1190. The molecule has 2 aliphatic heterocycles. The van der Waals surface area contributed by atoms with Crippen LogP contribution in [0.2, 0.25) is 0 Å². The van der Waals surface area contributed by atoms with Gasteiger partial charge in [-0.15, -0.1) is 11.3 Å². The van der Waals surface area contributed by atoms with Gasteiger partial charge in [-0.3, -0.25) is 9.69 Å². The van der Waals surface area contributed by atoms with Gasteiger partial charge >= 0.3 is 0 Å². The number of hydrogen-bond donors (Lipinski definition) is 0. The maximum Gasteiger partial charge on any atom is 0.237 e. The van der Waals surface area contributed by atoms with Gasteiger partial charge in [0.05, 0.1) is 33.3 Å². The molecule has 2 aliphatic rings. The van der Waals surface area contributed by atoms with Crippen molar-refractivity contribution in [3.05, 3.63) is 65.2 Å². The van der Waals surface area contributed by atoms with E-state index in [1.165, 1.54) is 4.70 Å². The Labute approximate surface area is 199 Å². The average Bonchev–Trinajstić information content (AvgIpc) is 3.41. The predicted molar refractivity (Wildman–Crippen MR) is 132 cm³/mol. The lowest BCUT2D eigenvalue weighted by Gasteiger charge is -2.35. The van der Waals surface area contributed by atoms with E-state index in [2.05, 4.69) is 17.0 Å². The predicted octanol–water partition coefficient (Wildman–Crippen LogP) is 3.69. The highest BCUT2D eigenvalue weighted by molar-refractivity contribution is 7.91. The standard InChI is InChI=1S/C25H29N3O3S2/c29-24(28(15-19-7-2-1-3-8-19)21-12-14-33(30,31)18-21)17-27-13-6-9-20(16-27)25-26-22-10-4-5-11-23(22)32-25/h1-5,7-8,10-11,20-21H,6,9,12-18H2/t20-,21-/m0/s1. The van der Waals surface area contributed by atoms with Crippen LogP contribution in [0.1, 0.15) is 35.8 Å². The third kappa shape index (κ3) is 5.28. The van der Waals surface area contributed by atoms with Crippen LogP contribution in [0.25, 0.3) is 10.2 Å². The maximum atomic E-state index is 13.5. The molecule has 1 amide bonds. The first kappa shape index (κ1) is 22.5. The average molecular weight is 484 g/mol. The van der Waals surface area contributed by atoms with E-state index in [4.69, 9.17) is 4.98 Å². The van der Waals surface area contributed by atoms with E-state index in [0.29, 0.717) is 25.4 Å². The molecule has 0 spiro atoms. The number of nitrogens with zero attached hydrogens (tertiary/aromatic N) is 3. The van der Waals surface area contributed by atoms with Crippen LogP contribution < -0.4 is 0 Å². The zero-order chi connectivity index (χ0) is 22.8. The largest absolute Gasteiger partial charge is 0.333 e. The minimum absolute atomic E-state index is 0.0194. The summed E-state index contributed by atoms with van der Waals surface area (Å²) >= 11 is 1.75. The highest BCUT2D eigenvalue weighted by atomic mass is 32.2. The molecule has 0 unspecified atom stereocenters. The van der Waals surface area contributed by atoms with Crippen LogP contribution in [0.3, 0.4) is 0 Å². The first-order valence-corrected chi connectivity index (χ1v) is 14.2. The van der Waals surface area contributed by atoms with E-state index in [-0.39, 0.29) is 23.5 Å². The Morgan fingerprint density at radius 3 is 2.64 bits per heavy atom. The lowest BCUT2D eigenvalue weighted by atomic mass is 9.98. The summed E-state index contributed by atoms with van der Waals surface area (Å²) in [4.78, 5) is 22.4. The van der Waals surface area contributed by atoms with Crippen LogP contribution in [-0.4, -0.2) is 66.3 Å². The second-order valence-electron chi connectivity index (χ2n) is 9.16. The highest BCUT2D eigenvalue weighted by Crippen LogP contribution is 2.33. The van der Waals surface area contributed by atoms with Crippen molar-refractivity contribution in [3.8, 4) is 0 Å². The van der Waals surface area contributed by atoms with E-state index >= 15 is 0 Å². The van der Waals surface area contributed by atoms with Crippen LogP contribution >= 0.6 is 11.3 Å². The molecule has 0 saturated carbocycles. The molecule has 1 aromatic heterocycles. The smallest absolute Gasteiger partial charge is 0.237 e. The third-order valence-corrected chi connectivity index (χ3v) is 9.64. The zero-order valence-electron chi connectivity index (χ0n) is 18.6. The van der Waals surface area contributed by atoms with Crippen molar-refractivity contribution in [2.45, 2.75) is 37.8 Å². The number of likely N-dealkylation sites (tertiary alicyclic amines) is 1. The topological polar surface area (TPSA) is 70.6 Å². The van der Waals surface area contributed by atoms with Gasteiger partial charge in [-0.2, -0.15) is 0 Å². The van der Waals surface area contributed by atoms with Gasteiger partial charge in [-0.05, 0) is 43.5 Å². The van der Waals surface area contributed by atoms with Crippen molar-refractivity contribution >= 4 is 37.3 Å². The summed E-state index contributed by atoms with van der Waals surface area (Å²) in [6.45, 7) is 2.47. The summed E-state index contributed by atoms with van der Waals surface area (Å²) in [6.07, 6.45) is 2.64. The lowest BCUT2D eigenvalue weighted by Crippen LogP contribution is -2.47. The van der Waals surface area contributed by atoms with Crippen LogP contribution in [0.15, 0.2) is 54.6 Å². The maximum absolute atomic E-state index is 13.5.